The summed E-state index contributed by atoms with van der Waals surface area (Å²) in [5, 5.41) is 10.7. The van der Waals surface area contributed by atoms with Gasteiger partial charge in [0, 0.05) is 36.3 Å². The Bertz CT molecular complexity index is 663. The van der Waals surface area contributed by atoms with Crippen molar-refractivity contribution in [2.24, 2.45) is 5.73 Å². The molecule has 0 spiro atoms. The summed E-state index contributed by atoms with van der Waals surface area (Å²) in [5.74, 6) is 0.872. The van der Waals surface area contributed by atoms with Crippen LogP contribution >= 0.6 is 11.6 Å². The Morgan fingerprint density at radius 3 is 2.67 bits per heavy atom. The first-order valence-electron chi connectivity index (χ1n) is 8.23. The molecule has 5 heteroatoms. The molecular weight excluding hydrogens is 324 g/mol. The lowest BCUT2D eigenvalue weighted by Crippen LogP contribution is -2.50. The highest BCUT2D eigenvalue weighted by atomic mass is 35.5. The predicted octanol–water partition coefficient (Wildman–Crippen LogP) is 2.81. The number of nitrogens with zero attached hydrogens (tertiary/aromatic N) is 1. The van der Waals surface area contributed by atoms with E-state index >= 15 is 0 Å². The van der Waals surface area contributed by atoms with Crippen molar-refractivity contribution < 1.29 is 9.84 Å². The molecule has 1 fully saturated rings. The van der Waals surface area contributed by atoms with Gasteiger partial charge in [-0.2, -0.15) is 0 Å². The van der Waals surface area contributed by atoms with Crippen molar-refractivity contribution in [3.63, 3.8) is 0 Å². The second kappa shape index (κ2) is 7.99. The number of benzene rings is 2. The average molecular weight is 347 g/mol. The highest BCUT2D eigenvalue weighted by Gasteiger charge is 2.25. The fraction of sp³-hybridized carbons (Fsp3) is 0.368. The van der Waals surface area contributed by atoms with Gasteiger partial charge in [0.05, 0.1) is 6.10 Å². The zero-order valence-corrected chi connectivity index (χ0v) is 14.3. The molecule has 0 amide bonds. The van der Waals surface area contributed by atoms with Gasteiger partial charge in [-0.3, -0.25) is 4.90 Å². The quantitative estimate of drug-likeness (QED) is 0.874. The Kier molecular flexibility index (Phi) is 5.74. The van der Waals surface area contributed by atoms with Crippen LogP contribution in [0.3, 0.4) is 0 Å². The summed E-state index contributed by atoms with van der Waals surface area (Å²) in [6.45, 7) is 2.75. The smallest absolute Gasteiger partial charge is 0.124 e. The lowest BCUT2D eigenvalue weighted by molar-refractivity contribution is 0.0495. The second-order valence-electron chi connectivity index (χ2n) is 6.28. The SMILES string of the molecule is N[C@@H]1CCN(Cc2ccccc2OCc2ccc(Cl)cc2)C[C@H]1O. The van der Waals surface area contributed by atoms with E-state index in [2.05, 4.69) is 11.0 Å². The van der Waals surface area contributed by atoms with Crippen molar-refractivity contribution in [3.05, 3.63) is 64.7 Å². The van der Waals surface area contributed by atoms with Crippen LogP contribution in [0.5, 0.6) is 5.75 Å². The van der Waals surface area contributed by atoms with Crippen LogP contribution in [0.2, 0.25) is 5.02 Å². The predicted molar refractivity (Wildman–Crippen MR) is 96.1 cm³/mol. The average Bonchev–Trinajstić information content (AvgIpc) is 2.59. The van der Waals surface area contributed by atoms with Crippen molar-refractivity contribution >= 4 is 11.6 Å². The van der Waals surface area contributed by atoms with Gasteiger partial charge in [-0.1, -0.05) is 41.9 Å². The molecule has 4 nitrogen and oxygen atoms in total. The molecule has 2 atom stereocenters. The van der Waals surface area contributed by atoms with E-state index in [-0.39, 0.29) is 6.04 Å². The summed E-state index contributed by atoms with van der Waals surface area (Å²) in [5.41, 5.74) is 8.07. The van der Waals surface area contributed by atoms with E-state index in [1.54, 1.807) is 0 Å². The molecule has 1 aliphatic heterocycles. The second-order valence-corrected chi connectivity index (χ2v) is 6.71. The number of likely N-dealkylation sites (tertiary alicyclic amines) is 1. The summed E-state index contributed by atoms with van der Waals surface area (Å²) >= 11 is 5.91. The number of ether oxygens (including phenoxy) is 1. The van der Waals surface area contributed by atoms with Crippen LogP contribution < -0.4 is 10.5 Å². The summed E-state index contributed by atoms with van der Waals surface area (Å²) in [6.07, 6.45) is 0.357. The van der Waals surface area contributed by atoms with Crippen LogP contribution in [0.1, 0.15) is 17.5 Å². The molecule has 3 N–H and O–H groups in total. The highest BCUT2D eigenvalue weighted by Crippen LogP contribution is 2.23. The van der Waals surface area contributed by atoms with E-state index in [9.17, 15) is 5.11 Å². The third kappa shape index (κ3) is 4.48. The summed E-state index contributed by atoms with van der Waals surface area (Å²) in [6, 6.07) is 15.6. The molecule has 0 unspecified atom stereocenters. The first kappa shape index (κ1) is 17.2. The monoisotopic (exact) mass is 346 g/mol. The van der Waals surface area contributed by atoms with Gasteiger partial charge in [-0.05, 0) is 30.2 Å². The third-order valence-corrected chi connectivity index (χ3v) is 4.64. The van der Waals surface area contributed by atoms with E-state index in [1.165, 1.54) is 0 Å². The number of piperidine rings is 1. The first-order valence-corrected chi connectivity index (χ1v) is 8.61. The van der Waals surface area contributed by atoms with Crippen molar-refractivity contribution in [3.8, 4) is 5.75 Å². The number of para-hydroxylation sites is 1. The van der Waals surface area contributed by atoms with Gasteiger partial charge < -0.3 is 15.6 Å². The molecule has 128 valence electrons. The lowest BCUT2D eigenvalue weighted by atomic mass is 10.0. The summed E-state index contributed by atoms with van der Waals surface area (Å²) in [7, 11) is 0. The Hall–Kier alpha value is -1.59. The molecule has 24 heavy (non-hydrogen) atoms. The van der Waals surface area contributed by atoms with E-state index in [0.717, 1.165) is 41.4 Å². The Balaban J connectivity index is 1.63. The molecule has 2 aromatic rings. The van der Waals surface area contributed by atoms with Crippen molar-refractivity contribution in [2.75, 3.05) is 13.1 Å². The van der Waals surface area contributed by atoms with Crippen molar-refractivity contribution in [1.29, 1.82) is 0 Å². The number of β-amino-alcohol motifs (C(OH)–C–C–N with tert-alkyl or cyclic N) is 1. The number of rotatable bonds is 5. The maximum atomic E-state index is 9.96. The van der Waals surface area contributed by atoms with E-state index in [1.807, 2.05) is 42.5 Å². The highest BCUT2D eigenvalue weighted by molar-refractivity contribution is 6.30. The van der Waals surface area contributed by atoms with Crippen LogP contribution in [-0.2, 0) is 13.2 Å². The normalized spacial score (nSPS) is 21.6. The maximum Gasteiger partial charge on any atom is 0.124 e. The Morgan fingerprint density at radius 2 is 1.92 bits per heavy atom. The van der Waals surface area contributed by atoms with E-state index < -0.39 is 6.10 Å². The van der Waals surface area contributed by atoms with E-state index in [0.29, 0.717) is 13.2 Å². The van der Waals surface area contributed by atoms with Crippen molar-refractivity contribution in [1.82, 2.24) is 4.90 Å². The summed E-state index contributed by atoms with van der Waals surface area (Å²) < 4.78 is 6.00. The number of aliphatic hydroxyl groups excluding tert-OH is 1. The number of nitrogens with two attached hydrogens (primary N) is 1. The largest absolute Gasteiger partial charge is 0.489 e. The zero-order valence-electron chi connectivity index (χ0n) is 13.6. The van der Waals surface area contributed by atoms with Crippen molar-refractivity contribution in [2.45, 2.75) is 31.7 Å². The van der Waals surface area contributed by atoms with Gasteiger partial charge in [-0.25, -0.2) is 0 Å². The number of aliphatic hydroxyl groups is 1. The molecule has 3 rings (SSSR count). The van der Waals surface area contributed by atoms with Crippen LogP contribution in [0.25, 0.3) is 0 Å². The molecular formula is C19H23ClN2O2. The molecule has 1 aliphatic rings. The molecule has 2 aromatic carbocycles. The van der Waals surface area contributed by atoms with Gasteiger partial charge in [-0.15, -0.1) is 0 Å². The van der Waals surface area contributed by atoms with Gasteiger partial charge in [0.15, 0.2) is 0 Å². The first-order chi connectivity index (χ1) is 11.6. The minimum absolute atomic E-state index is 0.113. The molecule has 1 heterocycles. The fourth-order valence-corrected chi connectivity index (χ4v) is 3.04. The number of halogens is 1. The van der Waals surface area contributed by atoms with Crippen LogP contribution in [-0.4, -0.2) is 35.2 Å². The molecule has 0 radical (unpaired) electrons. The zero-order chi connectivity index (χ0) is 16.9. The third-order valence-electron chi connectivity index (χ3n) is 4.39. The molecule has 0 aromatic heterocycles. The minimum atomic E-state index is -0.458. The standard InChI is InChI=1S/C19H23ClN2O2/c20-16-7-5-14(6-8-16)13-24-19-4-2-1-3-15(19)11-22-10-9-17(21)18(23)12-22/h1-8,17-18,23H,9-13,21H2/t17-,18-/m1/s1. The minimum Gasteiger partial charge on any atom is -0.489 e. The Morgan fingerprint density at radius 1 is 1.17 bits per heavy atom. The van der Waals surface area contributed by atoms with Crippen LogP contribution in [0.4, 0.5) is 0 Å². The maximum absolute atomic E-state index is 9.96. The number of hydrogen-bond donors (Lipinski definition) is 2. The topological polar surface area (TPSA) is 58.7 Å². The molecule has 0 aliphatic carbocycles. The van der Waals surface area contributed by atoms with Gasteiger partial charge in [0.25, 0.3) is 0 Å². The van der Waals surface area contributed by atoms with Crippen LogP contribution in [0.15, 0.2) is 48.5 Å². The van der Waals surface area contributed by atoms with E-state index in [4.69, 9.17) is 22.1 Å². The molecule has 1 saturated heterocycles. The van der Waals surface area contributed by atoms with Crippen LogP contribution in [0, 0.1) is 0 Å². The molecule has 0 bridgehead atoms. The number of hydrogen-bond acceptors (Lipinski definition) is 4. The molecule has 0 saturated carbocycles. The van der Waals surface area contributed by atoms with Gasteiger partial charge in [0.1, 0.15) is 12.4 Å². The summed E-state index contributed by atoms with van der Waals surface area (Å²) in [4.78, 5) is 2.22. The van der Waals surface area contributed by atoms with Gasteiger partial charge >= 0.3 is 0 Å². The lowest BCUT2D eigenvalue weighted by Gasteiger charge is -2.34. The van der Waals surface area contributed by atoms with Gasteiger partial charge in [0.2, 0.25) is 0 Å². The Labute approximate surface area is 147 Å². The fourth-order valence-electron chi connectivity index (χ4n) is 2.92.